The summed E-state index contributed by atoms with van der Waals surface area (Å²) >= 11 is 6.46. The van der Waals surface area contributed by atoms with Crippen LogP contribution in [-0.4, -0.2) is 10.9 Å². The Morgan fingerprint density at radius 2 is 1.74 bits per heavy atom. The predicted octanol–water partition coefficient (Wildman–Crippen LogP) is 6.12. The Bertz CT molecular complexity index is 1150. The van der Waals surface area contributed by atoms with Gasteiger partial charge >= 0.3 is 0 Å². The van der Waals surface area contributed by atoms with E-state index in [1.165, 1.54) is 0 Å². The SMILES string of the molecule is Cc1ccccc1C(=O)Nc1ccc(Cl)c(-c2nccc3ccccc23)c1. The summed E-state index contributed by atoms with van der Waals surface area (Å²) in [6.07, 6.45) is 1.77. The van der Waals surface area contributed by atoms with Crippen LogP contribution in [0.2, 0.25) is 5.02 Å². The van der Waals surface area contributed by atoms with Crippen LogP contribution in [0, 0.1) is 6.92 Å². The second-order valence-corrected chi connectivity index (χ2v) is 6.75. The van der Waals surface area contributed by atoms with Gasteiger partial charge in [0.1, 0.15) is 0 Å². The Labute approximate surface area is 162 Å². The van der Waals surface area contributed by atoms with Gasteiger partial charge in [-0.3, -0.25) is 9.78 Å². The van der Waals surface area contributed by atoms with Gasteiger partial charge in [0.05, 0.1) is 10.7 Å². The lowest BCUT2D eigenvalue weighted by Gasteiger charge is -2.12. The summed E-state index contributed by atoms with van der Waals surface area (Å²) in [6.45, 7) is 1.92. The summed E-state index contributed by atoms with van der Waals surface area (Å²) in [4.78, 5) is 17.2. The van der Waals surface area contributed by atoms with Crippen LogP contribution in [0.5, 0.6) is 0 Å². The van der Waals surface area contributed by atoms with Gasteiger partial charge in [-0.25, -0.2) is 0 Å². The van der Waals surface area contributed by atoms with Gasteiger partial charge in [0.2, 0.25) is 0 Å². The summed E-state index contributed by atoms with van der Waals surface area (Å²) < 4.78 is 0. The zero-order chi connectivity index (χ0) is 18.8. The highest BCUT2D eigenvalue weighted by molar-refractivity contribution is 6.33. The first kappa shape index (κ1) is 17.3. The molecule has 0 aliphatic heterocycles. The van der Waals surface area contributed by atoms with Crippen molar-refractivity contribution in [2.75, 3.05) is 5.32 Å². The lowest BCUT2D eigenvalue weighted by Crippen LogP contribution is -2.13. The van der Waals surface area contributed by atoms with Crippen LogP contribution in [0.15, 0.2) is 79.0 Å². The fourth-order valence-corrected chi connectivity index (χ4v) is 3.35. The van der Waals surface area contributed by atoms with Crippen molar-refractivity contribution in [2.24, 2.45) is 0 Å². The average molecular weight is 373 g/mol. The van der Waals surface area contributed by atoms with Crippen molar-refractivity contribution >= 4 is 34.0 Å². The third-order valence-electron chi connectivity index (χ3n) is 4.54. The van der Waals surface area contributed by atoms with Crippen LogP contribution in [0.1, 0.15) is 15.9 Å². The number of benzene rings is 3. The van der Waals surface area contributed by atoms with E-state index in [-0.39, 0.29) is 5.91 Å². The molecule has 0 unspecified atom stereocenters. The van der Waals surface area contributed by atoms with Crippen molar-refractivity contribution in [3.63, 3.8) is 0 Å². The van der Waals surface area contributed by atoms with Gasteiger partial charge < -0.3 is 5.32 Å². The quantitative estimate of drug-likeness (QED) is 0.471. The number of carbonyl (C=O) groups excluding carboxylic acids is 1. The number of carbonyl (C=O) groups is 1. The fraction of sp³-hybridized carbons (Fsp3) is 0.0435. The number of aromatic nitrogens is 1. The number of rotatable bonds is 3. The number of hydrogen-bond donors (Lipinski definition) is 1. The number of aryl methyl sites for hydroxylation is 1. The molecule has 1 heterocycles. The Kier molecular flexibility index (Phi) is 4.61. The molecular weight excluding hydrogens is 356 g/mol. The maximum absolute atomic E-state index is 12.6. The van der Waals surface area contributed by atoms with E-state index in [4.69, 9.17) is 11.6 Å². The molecule has 0 saturated heterocycles. The maximum Gasteiger partial charge on any atom is 0.255 e. The topological polar surface area (TPSA) is 42.0 Å². The maximum atomic E-state index is 12.6. The van der Waals surface area contributed by atoms with E-state index < -0.39 is 0 Å². The first-order valence-corrected chi connectivity index (χ1v) is 9.02. The average Bonchev–Trinajstić information content (AvgIpc) is 2.69. The number of fused-ring (bicyclic) bond motifs is 1. The molecule has 0 spiro atoms. The summed E-state index contributed by atoms with van der Waals surface area (Å²) in [5, 5.41) is 5.66. The standard InChI is InChI=1S/C23H17ClN2O/c1-15-6-2-4-8-18(15)23(27)26-17-10-11-21(24)20(14-17)22-19-9-5-3-7-16(19)12-13-25-22/h2-14H,1H3,(H,26,27). The first-order valence-electron chi connectivity index (χ1n) is 8.64. The Morgan fingerprint density at radius 3 is 2.59 bits per heavy atom. The number of halogens is 1. The summed E-state index contributed by atoms with van der Waals surface area (Å²) in [5.41, 5.74) is 3.84. The van der Waals surface area contributed by atoms with E-state index >= 15 is 0 Å². The highest BCUT2D eigenvalue weighted by Crippen LogP contribution is 2.33. The van der Waals surface area contributed by atoms with Gasteiger partial charge in [-0.15, -0.1) is 0 Å². The molecule has 0 aliphatic carbocycles. The third-order valence-corrected chi connectivity index (χ3v) is 4.87. The molecule has 1 amide bonds. The summed E-state index contributed by atoms with van der Waals surface area (Å²) in [6, 6.07) is 23.0. The van der Waals surface area contributed by atoms with Crippen LogP contribution >= 0.6 is 11.6 Å². The molecule has 1 aromatic heterocycles. The summed E-state index contributed by atoms with van der Waals surface area (Å²) in [5.74, 6) is -0.146. The lowest BCUT2D eigenvalue weighted by molar-refractivity contribution is 0.102. The molecule has 4 aromatic rings. The minimum atomic E-state index is -0.146. The van der Waals surface area contributed by atoms with Gasteiger partial charge in [0.25, 0.3) is 5.91 Å². The van der Waals surface area contributed by atoms with Crippen molar-refractivity contribution in [3.8, 4) is 11.3 Å². The molecule has 0 radical (unpaired) electrons. The molecular formula is C23H17ClN2O. The second kappa shape index (κ2) is 7.22. The monoisotopic (exact) mass is 372 g/mol. The number of amides is 1. The molecule has 27 heavy (non-hydrogen) atoms. The van der Waals surface area contributed by atoms with Crippen LogP contribution in [-0.2, 0) is 0 Å². The van der Waals surface area contributed by atoms with Crippen LogP contribution < -0.4 is 5.32 Å². The van der Waals surface area contributed by atoms with Crippen molar-refractivity contribution in [1.82, 2.24) is 4.98 Å². The van der Waals surface area contributed by atoms with Crippen molar-refractivity contribution in [3.05, 3.63) is 95.1 Å². The molecule has 3 nitrogen and oxygen atoms in total. The van der Waals surface area contributed by atoms with Gasteiger partial charge in [0.15, 0.2) is 0 Å². The van der Waals surface area contributed by atoms with E-state index in [1.54, 1.807) is 18.3 Å². The minimum absolute atomic E-state index is 0.146. The van der Waals surface area contributed by atoms with E-state index in [2.05, 4.69) is 10.3 Å². The van der Waals surface area contributed by atoms with Crippen LogP contribution in [0.4, 0.5) is 5.69 Å². The number of hydrogen-bond acceptors (Lipinski definition) is 2. The van der Waals surface area contributed by atoms with Crippen molar-refractivity contribution in [1.29, 1.82) is 0 Å². The Hall–Kier alpha value is -3.17. The van der Waals surface area contributed by atoms with E-state index in [0.717, 1.165) is 27.6 Å². The molecule has 0 aliphatic rings. The van der Waals surface area contributed by atoms with E-state index in [9.17, 15) is 4.79 Å². The predicted molar refractivity (Wildman–Crippen MR) is 111 cm³/mol. The molecule has 0 atom stereocenters. The molecule has 3 aromatic carbocycles. The van der Waals surface area contributed by atoms with E-state index in [1.807, 2.05) is 67.6 Å². The third kappa shape index (κ3) is 3.42. The Morgan fingerprint density at radius 1 is 0.963 bits per heavy atom. The Balaban J connectivity index is 1.74. The molecule has 0 bridgehead atoms. The molecule has 0 saturated carbocycles. The highest BCUT2D eigenvalue weighted by atomic mass is 35.5. The normalized spacial score (nSPS) is 10.7. The van der Waals surface area contributed by atoms with Gasteiger partial charge in [-0.1, -0.05) is 54.1 Å². The van der Waals surface area contributed by atoms with Gasteiger partial charge in [-0.2, -0.15) is 0 Å². The smallest absolute Gasteiger partial charge is 0.255 e. The number of nitrogens with zero attached hydrogens (tertiary/aromatic N) is 1. The van der Waals surface area contributed by atoms with Crippen molar-refractivity contribution in [2.45, 2.75) is 6.92 Å². The molecule has 0 fully saturated rings. The zero-order valence-corrected chi connectivity index (χ0v) is 15.5. The lowest BCUT2D eigenvalue weighted by atomic mass is 10.0. The number of nitrogens with one attached hydrogen (secondary N) is 1. The zero-order valence-electron chi connectivity index (χ0n) is 14.7. The molecule has 4 heteroatoms. The fourth-order valence-electron chi connectivity index (χ4n) is 3.14. The van der Waals surface area contributed by atoms with Crippen molar-refractivity contribution < 1.29 is 4.79 Å². The van der Waals surface area contributed by atoms with Gasteiger partial charge in [-0.05, 0) is 48.2 Å². The summed E-state index contributed by atoms with van der Waals surface area (Å²) in [7, 11) is 0. The molecule has 4 rings (SSSR count). The molecule has 132 valence electrons. The first-order chi connectivity index (χ1) is 13.1. The minimum Gasteiger partial charge on any atom is -0.322 e. The second-order valence-electron chi connectivity index (χ2n) is 6.34. The largest absolute Gasteiger partial charge is 0.322 e. The van der Waals surface area contributed by atoms with E-state index in [0.29, 0.717) is 16.3 Å². The highest BCUT2D eigenvalue weighted by Gasteiger charge is 2.13. The molecule has 1 N–H and O–H groups in total. The van der Waals surface area contributed by atoms with Gasteiger partial charge in [0, 0.05) is 28.4 Å². The number of pyridine rings is 1. The van der Waals surface area contributed by atoms with Crippen LogP contribution in [0.25, 0.3) is 22.0 Å². The number of anilines is 1. The van der Waals surface area contributed by atoms with Crippen LogP contribution in [0.3, 0.4) is 0 Å².